The van der Waals surface area contributed by atoms with E-state index in [4.69, 9.17) is 9.47 Å². The van der Waals surface area contributed by atoms with Gasteiger partial charge in [-0.2, -0.15) is 0 Å². The molecule has 0 aliphatic heterocycles. The molecule has 0 aliphatic carbocycles. The van der Waals surface area contributed by atoms with Crippen LogP contribution in [-0.4, -0.2) is 24.5 Å². The van der Waals surface area contributed by atoms with Gasteiger partial charge in [0.1, 0.15) is 23.1 Å². The molecule has 2 amide bonds. The fourth-order valence-corrected chi connectivity index (χ4v) is 1.72. The number of hydrazine groups is 1. The number of hydrogen-bond donors (Lipinski definition) is 2. The lowest BCUT2D eigenvalue weighted by atomic mass is 10.3. The number of nitrogens with one attached hydrogen (secondary N) is 2. The highest BCUT2D eigenvalue weighted by molar-refractivity contribution is 5.85. The zero-order valence-corrected chi connectivity index (χ0v) is 13.3. The van der Waals surface area contributed by atoms with E-state index < -0.39 is 29.6 Å². The van der Waals surface area contributed by atoms with Crippen LogP contribution in [0.1, 0.15) is 6.92 Å². The summed E-state index contributed by atoms with van der Waals surface area (Å²) >= 11 is 0. The summed E-state index contributed by atoms with van der Waals surface area (Å²) in [7, 11) is 0. The van der Waals surface area contributed by atoms with E-state index >= 15 is 0 Å². The number of benzene rings is 2. The first-order chi connectivity index (χ1) is 11.9. The van der Waals surface area contributed by atoms with E-state index in [1.54, 1.807) is 0 Å². The molecule has 6 nitrogen and oxygen atoms in total. The van der Waals surface area contributed by atoms with E-state index in [-0.39, 0.29) is 6.61 Å². The lowest BCUT2D eigenvalue weighted by Crippen LogP contribution is -2.48. The van der Waals surface area contributed by atoms with Crippen molar-refractivity contribution < 1.29 is 27.8 Å². The highest BCUT2D eigenvalue weighted by Gasteiger charge is 2.15. The number of carbonyl (C=O) groups excluding carboxylic acids is 2. The van der Waals surface area contributed by atoms with Crippen LogP contribution < -0.4 is 20.3 Å². The fourth-order valence-electron chi connectivity index (χ4n) is 1.72. The smallest absolute Gasteiger partial charge is 0.279 e. The molecular formula is C17H16F2N2O4. The number of rotatable bonds is 6. The molecule has 0 bridgehead atoms. The topological polar surface area (TPSA) is 76.7 Å². The van der Waals surface area contributed by atoms with Gasteiger partial charge in [0.2, 0.25) is 0 Å². The largest absolute Gasteiger partial charge is 0.484 e. The van der Waals surface area contributed by atoms with E-state index in [1.807, 2.05) is 0 Å². The minimum atomic E-state index is -0.913. The Morgan fingerprint density at radius 2 is 1.44 bits per heavy atom. The highest BCUT2D eigenvalue weighted by atomic mass is 19.1. The van der Waals surface area contributed by atoms with Gasteiger partial charge in [0.15, 0.2) is 12.7 Å². The van der Waals surface area contributed by atoms with Crippen LogP contribution in [0.4, 0.5) is 8.78 Å². The molecule has 1 atom stereocenters. The molecule has 8 heteroatoms. The lowest BCUT2D eigenvalue weighted by Gasteiger charge is -2.15. The van der Waals surface area contributed by atoms with Crippen LogP contribution in [0.2, 0.25) is 0 Å². The van der Waals surface area contributed by atoms with E-state index in [2.05, 4.69) is 10.9 Å². The first-order valence-electron chi connectivity index (χ1n) is 7.33. The number of ether oxygens (including phenoxy) is 2. The van der Waals surface area contributed by atoms with Crippen molar-refractivity contribution in [1.29, 1.82) is 0 Å². The summed E-state index contributed by atoms with van der Waals surface area (Å²) in [5.74, 6) is -1.41. The van der Waals surface area contributed by atoms with Gasteiger partial charge in [-0.15, -0.1) is 0 Å². The molecule has 132 valence electrons. The Kier molecular flexibility index (Phi) is 6.27. The van der Waals surface area contributed by atoms with Gasteiger partial charge in [-0.25, -0.2) is 8.78 Å². The van der Waals surface area contributed by atoms with Crippen LogP contribution in [0.5, 0.6) is 11.5 Å². The predicted octanol–water partition coefficient (Wildman–Crippen LogP) is 1.96. The van der Waals surface area contributed by atoms with Gasteiger partial charge < -0.3 is 9.47 Å². The third-order valence-corrected chi connectivity index (χ3v) is 3.00. The van der Waals surface area contributed by atoms with Crippen molar-refractivity contribution in [2.75, 3.05) is 6.61 Å². The molecule has 0 fully saturated rings. The Bertz CT molecular complexity index is 720. The second-order valence-electron chi connectivity index (χ2n) is 4.99. The molecule has 0 aliphatic rings. The van der Waals surface area contributed by atoms with Gasteiger partial charge in [0.05, 0.1) is 0 Å². The summed E-state index contributed by atoms with van der Waals surface area (Å²) in [5.41, 5.74) is 4.34. The quantitative estimate of drug-likeness (QED) is 0.781. The maximum atomic E-state index is 12.8. The monoisotopic (exact) mass is 350 g/mol. The Labute approximate surface area is 142 Å². The van der Waals surface area contributed by atoms with E-state index in [9.17, 15) is 18.4 Å². The summed E-state index contributed by atoms with van der Waals surface area (Å²) in [4.78, 5) is 23.4. The molecule has 0 radical (unpaired) electrons. The van der Waals surface area contributed by atoms with Crippen molar-refractivity contribution in [3.63, 3.8) is 0 Å². The second-order valence-corrected chi connectivity index (χ2v) is 4.99. The predicted molar refractivity (Wildman–Crippen MR) is 84.7 cm³/mol. The van der Waals surface area contributed by atoms with Crippen LogP contribution in [0, 0.1) is 11.6 Å². The second kappa shape index (κ2) is 8.62. The molecule has 25 heavy (non-hydrogen) atoms. The third kappa shape index (κ3) is 6.09. The van der Waals surface area contributed by atoms with Crippen LogP contribution in [-0.2, 0) is 9.59 Å². The van der Waals surface area contributed by atoms with Crippen LogP contribution >= 0.6 is 0 Å². The van der Waals surface area contributed by atoms with Crippen molar-refractivity contribution in [3.8, 4) is 11.5 Å². The van der Waals surface area contributed by atoms with E-state index in [0.717, 1.165) is 0 Å². The Hall–Kier alpha value is -3.16. The Morgan fingerprint density at radius 1 is 0.920 bits per heavy atom. The zero-order valence-electron chi connectivity index (χ0n) is 13.3. The maximum absolute atomic E-state index is 12.8. The van der Waals surface area contributed by atoms with E-state index in [0.29, 0.717) is 11.5 Å². The van der Waals surface area contributed by atoms with Crippen LogP contribution in [0.25, 0.3) is 0 Å². The lowest BCUT2D eigenvalue weighted by molar-refractivity contribution is -0.133. The summed E-state index contributed by atoms with van der Waals surface area (Å²) in [6.07, 6.45) is -0.913. The van der Waals surface area contributed by atoms with Crippen LogP contribution in [0.3, 0.4) is 0 Å². The van der Waals surface area contributed by atoms with Gasteiger partial charge >= 0.3 is 0 Å². The first kappa shape index (κ1) is 18.2. The molecule has 0 saturated heterocycles. The Balaban J connectivity index is 1.71. The number of halogens is 2. The number of carbonyl (C=O) groups is 2. The molecule has 2 N–H and O–H groups in total. The molecule has 1 unspecified atom stereocenters. The van der Waals surface area contributed by atoms with Gasteiger partial charge in [-0.1, -0.05) is 0 Å². The zero-order chi connectivity index (χ0) is 18.2. The Morgan fingerprint density at radius 3 is 2.00 bits per heavy atom. The van der Waals surface area contributed by atoms with Gasteiger partial charge in [0.25, 0.3) is 11.8 Å². The van der Waals surface area contributed by atoms with Crippen LogP contribution in [0.15, 0.2) is 48.5 Å². The summed E-state index contributed by atoms with van der Waals surface area (Å²) < 4.78 is 36.0. The highest BCUT2D eigenvalue weighted by Crippen LogP contribution is 2.13. The molecule has 2 aromatic carbocycles. The summed E-state index contributed by atoms with van der Waals surface area (Å²) in [6.45, 7) is 1.11. The summed E-state index contributed by atoms with van der Waals surface area (Å²) in [6, 6.07) is 10.3. The van der Waals surface area contributed by atoms with Crippen molar-refractivity contribution in [3.05, 3.63) is 60.2 Å². The third-order valence-electron chi connectivity index (χ3n) is 3.00. The van der Waals surface area contributed by atoms with Gasteiger partial charge in [0, 0.05) is 0 Å². The standard InChI is InChI=1S/C17H16F2N2O4/c1-11(25-15-8-4-13(19)5-9-15)17(23)21-20-16(22)10-24-14-6-2-12(18)3-7-14/h2-9,11H,10H2,1H3,(H,20,22)(H,21,23). The van der Waals surface area contributed by atoms with E-state index in [1.165, 1.54) is 55.5 Å². The SMILES string of the molecule is CC(Oc1ccc(F)cc1)C(=O)NNC(=O)COc1ccc(F)cc1. The molecule has 0 aromatic heterocycles. The van der Waals surface area contributed by atoms with Crippen molar-refractivity contribution in [2.45, 2.75) is 13.0 Å². The van der Waals surface area contributed by atoms with Crippen molar-refractivity contribution >= 4 is 11.8 Å². The van der Waals surface area contributed by atoms with Crippen molar-refractivity contribution in [1.82, 2.24) is 10.9 Å². The summed E-state index contributed by atoms with van der Waals surface area (Å²) in [5, 5.41) is 0. The van der Waals surface area contributed by atoms with Gasteiger partial charge in [-0.05, 0) is 55.5 Å². The molecular weight excluding hydrogens is 334 g/mol. The average Bonchev–Trinajstić information content (AvgIpc) is 2.61. The fraction of sp³-hybridized carbons (Fsp3) is 0.176. The first-order valence-corrected chi connectivity index (χ1v) is 7.33. The normalized spacial score (nSPS) is 11.3. The molecule has 0 saturated carbocycles. The maximum Gasteiger partial charge on any atom is 0.279 e. The van der Waals surface area contributed by atoms with Gasteiger partial charge in [-0.3, -0.25) is 20.4 Å². The minimum absolute atomic E-state index is 0.315. The molecule has 2 aromatic rings. The minimum Gasteiger partial charge on any atom is -0.484 e. The van der Waals surface area contributed by atoms with Crippen molar-refractivity contribution in [2.24, 2.45) is 0 Å². The number of hydrogen-bond acceptors (Lipinski definition) is 4. The number of amides is 2. The molecule has 2 rings (SSSR count). The molecule has 0 heterocycles. The molecule has 0 spiro atoms. The average molecular weight is 350 g/mol.